The molecule has 2 aliphatic rings. The molecule has 10 rings (SSSR count). The van der Waals surface area contributed by atoms with Crippen molar-refractivity contribution in [3.05, 3.63) is 175 Å². The second-order valence-electron chi connectivity index (χ2n) is 14.3. The van der Waals surface area contributed by atoms with Crippen LogP contribution in [0.1, 0.15) is 43.2 Å². The van der Waals surface area contributed by atoms with Crippen LogP contribution in [0.3, 0.4) is 0 Å². The summed E-state index contributed by atoms with van der Waals surface area (Å²) in [5, 5.41) is 2.51. The van der Waals surface area contributed by atoms with E-state index in [1.807, 2.05) is 60.7 Å². The third-order valence-corrected chi connectivity index (χ3v) is 11.4. The fourth-order valence-corrected chi connectivity index (χ4v) is 8.87. The number of rotatable bonds is 5. The van der Waals surface area contributed by atoms with E-state index in [0.29, 0.717) is 17.5 Å². The van der Waals surface area contributed by atoms with Crippen LogP contribution in [-0.2, 0) is 5.41 Å². The largest absolute Gasteiger partial charge is 0.208 e. The van der Waals surface area contributed by atoms with E-state index in [4.69, 9.17) is 15.0 Å². The summed E-state index contributed by atoms with van der Waals surface area (Å²) in [4.78, 5) is 14.7. The standard InChI is InChI=1S/C49H37N3/c1-4-14-34(15-5-1)46-50-47(35-16-6-2-7-17-35)52-48(51-46)36-24-22-33(23-25-36)38-27-28-39(41-19-9-8-18-40(38)41)37-26-29-45-43(32-37)42-20-10-11-21-44(42)49(45)30-12-3-13-31-49/h1-2,4-11,14-29,32H,3,12-13,30-31H2. The van der Waals surface area contributed by atoms with Crippen LogP contribution in [0.15, 0.2) is 164 Å². The Morgan fingerprint density at radius 1 is 0.327 bits per heavy atom. The summed E-state index contributed by atoms with van der Waals surface area (Å²) in [7, 11) is 0. The first-order valence-corrected chi connectivity index (χ1v) is 18.5. The topological polar surface area (TPSA) is 38.7 Å². The minimum Gasteiger partial charge on any atom is -0.208 e. The zero-order valence-corrected chi connectivity index (χ0v) is 29.0. The van der Waals surface area contributed by atoms with E-state index in [1.54, 1.807) is 0 Å². The van der Waals surface area contributed by atoms with Crippen molar-refractivity contribution >= 4 is 10.8 Å². The van der Waals surface area contributed by atoms with Gasteiger partial charge < -0.3 is 0 Å². The minimum atomic E-state index is 0.175. The number of hydrogen-bond acceptors (Lipinski definition) is 3. The lowest BCUT2D eigenvalue weighted by atomic mass is 9.68. The summed E-state index contributed by atoms with van der Waals surface area (Å²) in [5.41, 5.74) is 13.9. The van der Waals surface area contributed by atoms with Crippen LogP contribution in [0, 0.1) is 0 Å². The van der Waals surface area contributed by atoms with Gasteiger partial charge in [0.1, 0.15) is 0 Å². The van der Waals surface area contributed by atoms with Gasteiger partial charge in [-0.15, -0.1) is 0 Å². The Morgan fingerprint density at radius 2 is 0.788 bits per heavy atom. The summed E-state index contributed by atoms with van der Waals surface area (Å²) in [6, 6.07) is 58.8. The van der Waals surface area contributed by atoms with Crippen molar-refractivity contribution in [3.8, 4) is 67.5 Å². The van der Waals surface area contributed by atoms with Crippen LogP contribution in [-0.4, -0.2) is 15.0 Å². The average molecular weight is 668 g/mol. The highest BCUT2D eigenvalue weighted by molar-refractivity contribution is 6.05. The van der Waals surface area contributed by atoms with Gasteiger partial charge in [-0.05, 0) is 74.2 Å². The Morgan fingerprint density at radius 3 is 1.40 bits per heavy atom. The first-order valence-electron chi connectivity index (χ1n) is 18.5. The van der Waals surface area contributed by atoms with Crippen LogP contribution in [0.5, 0.6) is 0 Å². The van der Waals surface area contributed by atoms with Gasteiger partial charge in [-0.1, -0.05) is 177 Å². The predicted molar refractivity (Wildman–Crippen MR) is 214 cm³/mol. The Balaban J connectivity index is 1.03. The lowest BCUT2D eigenvalue weighted by molar-refractivity contribution is 0.353. The Kier molecular flexibility index (Phi) is 7.38. The number of nitrogens with zero attached hydrogens (tertiary/aromatic N) is 3. The first-order chi connectivity index (χ1) is 25.7. The quantitative estimate of drug-likeness (QED) is 0.183. The molecule has 1 fully saturated rings. The van der Waals surface area contributed by atoms with Gasteiger partial charge in [0, 0.05) is 22.1 Å². The molecule has 1 aromatic heterocycles. The molecule has 3 nitrogen and oxygen atoms in total. The van der Waals surface area contributed by atoms with Crippen molar-refractivity contribution in [2.45, 2.75) is 37.5 Å². The van der Waals surface area contributed by atoms with Crippen LogP contribution in [0.25, 0.3) is 78.3 Å². The molecular weight excluding hydrogens is 631 g/mol. The molecule has 52 heavy (non-hydrogen) atoms. The summed E-state index contributed by atoms with van der Waals surface area (Å²) in [6.45, 7) is 0. The summed E-state index contributed by atoms with van der Waals surface area (Å²) in [6.07, 6.45) is 6.47. The second-order valence-corrected chi connectivity index (χ2v) is 14.3. The SMILES string of the molecule is c1ccc(-c2nc(-c3ccccc3)nc(-c3ccc(-c4ccc(-c5ccc6c(c5)-c5ccccc5C65CCCCC5)c5ccccc45)cc3)n2)cc1. The molecule has 3 heteroatoms. The van der Waals surface area contributed by atoms with Crippen LogP contribution in [0.2, 0.25) is 0 Å². The minimum absolute atomic E-state index is 0.175. The maximum Gasteiger partial charge on any atom is 0.164 e. The van der Waals surface area contributed by atoms with Gasteiger partial charge in [0.15, 0.2) is 17.5 Å². The smallest absolute Gasteiger partial charge is 0.164 e. The van der Waals surface area contributed by atoms with Crippen molar-refractivity contribution in [2.24, 2.45) is 0 Å². The molecule has 7 aromatic carbocycles. The molecule has 0 radical (unpaired) electrons. The van der Waals surface area contributed by atoms with Gasteiger partial charge in [-0.3, -0.25) is 0 Å². The zero-order valence-electron chi connectivity index (χ0n) is 29.0. The first kappa shape index (κ1) is 30.6. The molecule has 8 aromatic rings. The van der Waals surface area contributed by atoms with E-state index in [1.165, 1.54) is 81.8 Å². The fraction of sp³-hybridized carbons (Fsp3) is 0.122. The van der Waals surface area contributed by atoms with Gasteiger partial charge in [0.2, 0.25) is 0 Å². The van der Waals surface area contributed by atoms with E-state index >= 15 is 0 Å². The number of benzene rings is 7. The highest BCUT2D eigenvalue weighted by Gasteiger charge is 2.43. The van der Waals surface area contributed by atoms with Gasteiger partial charge in [-0.2, -0.15) is 0 Å². The Bertz CT molecular complexity index is 2530. The van der Waals surface area contributed by atoms with Gasteiger partial charge >= 0.3 is 0 Å². The molecule has 0 bridgehead atoms. The van der Waals surface area contributed by atoms with Crippen molar-refractivity contribution in [2.75, 3.05) is 0 Å². The molecule has 0 saturated heterocycles. The maximum absolute atomic E-state index is 4.94. The third-order valence-electron chi connectivity index (χ3n) is 11.4. The molecule has 0 unspecified atom stereocenters. The summed E-state index contributed by atoms with van der Waals surface area (Å²) in [5.74, 6) is 1.99. The molecule has 0 aliphatic heterocycles. The van der Waals surface area contributed by atoms with Gasteiger partial charge in [-0.25, -0.2) is 15.0 Å². The average Bonchev–Trinajstić information content (AvgIpc) is 3.49. The van der Waals surface area contributed by atoms with E-state index in [9.17, 15) is 0 Å². The number of fused-ring (bicyclic) bond motifs is 6. The van der Waals surface area contributed by atoms with Crippen molar-refractivity contribution in [3.63, 3.8) is 0 Å². The predicted octanol–water partition coefficient (Wildman–Crippen LogP) is 12.6. The zero-order chi connectivity index (χ0) is 34.5. The van der Waals surface area contributed by atoms with Crippen molar-refractivity contribution in [1.29, 1.82) is 0 Å². The highest BCUT2D eigenvalue weighted by atomic mass is 15.0. The number of aromatic nitrogens is 3. The normalized spacial score (nSPS) is 14.3. The second kappa shape index (κ2) is 12.5. The summed E-state index contributed by atoms with van der Waals surface area (Å²) >= 11 is 0. The van der Waals surface area contributed by atoms with E-state index in [2.05, 4.69) is 103 Å². The van der Waals surface area contributed by atoms with E-state index in [-0.39, 0.29) is 5.41 Å². The summed E-state index contributed by atoms with van der Waals surface area (Å²) < 4.78 is 0. The molecule has 0 amide bonds. The molecule has 0 atom stereocenters. The molecule has 1 heterocycles. The maximum atomic E-state index is 4.94. The van der Waals surface area contributed by atoms with Gasteiger partial charge in [0.25, 0.3) is 0 Å². The molecule has 2 aliphatic carbocycles. The molecule has 248 valence electrons. The Labute approximate surface area is 304 Å². The lowest BCUT2D eigenvalue weighted by Crippen LogP contribution is -2.27. The highest BCUT2D eigenvalue weighted by Crippen LogP contribution is 2.56. The van der Waals surface area contributed by atoms with Crippen LogP contribution >= 0.6 is 0 Å². The molecule has 1 spiro atoms. The van der Waals surface area contributed by atoms with Crippen LogP contribution < -0.4 is 0 Å². The molecule has 1 saturated carbocycles. The van der Waals surface area contributed by atoms with E-state index in [0.717, 1.165) is 22.3 Å². The monoisotopic (exact) mass is 667 g/mol. The van der Waals surface area contributed by atoms with Crippen molar-refractivity contribution in [1.82, 2.24) is 15.0 Å². The fourth-order valence-electron chi connectivity index (χ4n) is 8.87. The van der Waals surface area contributed by atoms with Gasteiger partial charge in [0.05, 0.1) is 0 Å². The van der Waals surface area contributed by atoms with Crippen molar-refractivity contribution < 1.29 is 0 Å². The third kappa shape index (κ3) is 5.07. The van der Waals surface area contributed by atoms with E-state index < -0.39 is 0 Å². The lowest BCUT2D eigenvalue weighted by Gasteiger charge is -2.36. The molecular formula is C49H37N3. The van der Waals surface area contributed by atoms with Crippen LogP contribution in [0.4, 0.5) is 0 Å². The molecule has 0 N–H and O–H groups in total. The Hall–Kier alpha value is -6.19. The number of hydrogen-bond donors (Lipinski definition) is 0.